The minimum absolute atomic E-state index is 0. The lowest BCUT2D eigenvalue weighted by Gasteiger charge is -2.22. The number of carbonyl (C=O) groups excluding carboxylic acids is 1. The molecule has 2 fully saturated rings. The number of anilines is 1. The highest BCUT2D eigenvalue weighted by Gasteiger charge is 2.44. The van der Waals surface area contributed by atoms with Gasteiger partial charge in [-0.2, -0.15) is 4.31 Å². The van der Waals surface area contributed by atoms with E-state index in [2.05, 4.69) is 10.6 Å². The summed E-state index contributed by atoms with van der Waals surface area (Å²) >= 11 is 0. The summed E-state index contributed by atoms with van der Waals surface area (Å²) in [7, 11) is -3.45. The summed E-state index contributed by atoms with van der Waals surface area (Å²) in [5.74, 6) is -0.175. The quantitative estimate of drug-likeness (QED) is 0.856. The first-order valence-electron chi connectivity index (χ1n) is 7.50. The van der Waals surface area contributed by atoms with E-state index in [1.54, 1.807) is 28.6 Å². The molecule has 2 N–H and O–H groups in total. The average Bonchev–Trinajstić information content (AvgIpc) is 3.10. The minimum Gasteiger partial charge on any atom is -0.326 e. The fraction of sp³-hybridized carbons (Fsp3) is 0.533. The van der Waals surface area contributed by atoms with Gasteiger partial charge in [-0.15, -0.1) is 12.4 Å². The predicted molar refractivity (Wildman–Crippen MR) is 91.3 cm³/mol. The van der Waals surface area contributed by atoms with Crippen LogP contribution in [0.1, 0.15) is 19.8 Å². The summed E-state index contributed by atoms with van der Waals surface area (Å²) in [6, 6.07) is 6.35. The maximum Gasteiger partial charge on any atom is 0.243 e. The first-order chi connectivity index (χ1) is 10.4. The number of carbonyl (C=O) groups is 1. The Labute approximate surface area is 143 Å². The van der Waals surface area contributed by atoms with Crippen molar-refractivity contribution in [3.05, 3.63) is 24.3 Å². The fourth-order valence-electron chi connectivity index (χ4n) is 3.31. The SMILES string of the molecule is CC(=O)Nc1ccc(S(=O)(=O)N2CCC3(CCNC3)C2)cc1.Cl. The second kappa shape index (κ2) is 6.76. The molecule has 6 nitrogen and oxygen atoms in total. The number of benzene rings is 1. The van der Waals surface area contributed by atoms with Gasteiger partial charge in [-0.05, 0) is 49.1 Å². The fourth-order valence-corrected chi connectivity index (χ4v) is 4.86. The number of hydrogen-bond donors (Lipinski definition) is 2. The first kappa shape index (κ1) is 18.2. The summed E-state index contributed by atoms with van der Waals surface area (Å²) < 4.78 is 27.0. The van der Waals surface area contributed by atoms with Gasteiger partial charge in [-0.1, -0.05) is 0 Å². The third-order valence-electron chi connectivity index (χ3n) is 4.55. The van der Waals surface area contributed by atoms with Crippen LogP contribution in [-0.2, 0) is 14.8 Å². The van der Waals surface area contributed by atoms with Crippen molar-refractivity contribution in [1.82, 2.24) is 9.62 Å². The third kappa shape index (κ3) is 3.68. The Kier molecular flexibility index (Phi) is 5.35. The molecule has 1 aromatic carbocycles. The van der Waals surface area contributed by atoms with E-state index in [0.29, 0.717) is 18.8 Å². The average molecular weight is 360 g/mol. The molecule has 0 aromatic heterocycles. The molecule has 8 heteroatoms. The van der Waals surface area contributed by atoms with Crippen molar-refractivity contribution < 1.29 is 13.2 Å². The smallest absolute Gasteiger partial charge is 0.243 e. The van der Waals surface area contributed by atoms with Crippen molar-refractivity contribution >= 4 is 34.0 Å². The molecule has 23 heavy (non-hydrogen) atoms. The van der Waals surface area contributed by atoms with Crippen LogP contribution in [0, 0.1) is 5.41 Å². The molecule has 128 valence electrons. The van der Waals surface area contributed by atoms with Crippen molar-refractivity contribution in [3.8, 4) is 0 Å². The molecule has 3 rings (SSSR count). The van der Waals surface area contributed by atoms with Crippen LogP contribution in [0.15, 0.2) is 29.2 Å². The highest BCUT2D eigenvalue weighted by atomic mass is 35.5. The molecule has 2 aliphatic rings. The van der Waals surface area contributed by atoms with Crippen molar-refractivity contribution in [2.75, 3.05) is 31.5 Å². The number of rotatable bonds is 3. The lowest BCUT2D eigenvalue weighted by Crippen LogP contribution is -2.33. The minimum atomic E-state index is -3.45. The highest BCUT2D eigenvalue weighted by molar-refractivity contribution is 7.89. The maximum absolute atomic E-state index is 12.7. The summed E-state index contributed by atoms with van der Waals surface area (Å²) in [5.41, 5.74) is 0.716. The third-order valence-corrected chi connectivity index (χ3v) is 6.41. The van der Waals surface area contributed by atoms with Crippen LogP contribution in [0.25, 0.3) is 0 Å². The molecule has 0 radical (unpaired) electrons. The van der Waals surface area contributed by atoms with Crippen molar-refractivity contribution in [2.24, 2.45) is 5.41 Å². The Balaban J connectivity index is 0.00000192. The van der Waals surface area contributed by atoms with Gasteiger partial charge in [0.15, 0.2) is 0 Å². The van der Waals surface area contributed by atoms with E-state index in [0.717, 1.165) is 25.9 Å². The van der Waals surface area contributed by atoms with Crippen LogP contribution in [0.2, 0.25) is 0 Å². The molecule has 0 aliphatic carbocycles. The van der Waals surface area contributed by atoms with Crippen LogP contribution >= 0.6 is 12.4 Å². The van der Waals surface area contributed by atoms with E-state index in [4.69, 9.17) is 0 Å². The van der Waals surface area contributed by atoms with Gasteiger partial charge in [0.05, 0.1) is 4.90 Å². The Morgan fingerprint density at radius 3 is 2.52 bits per heavy atom. The second-order valence-electron chi connectivity index (χ2n) is 6.22. The van der Waals surface area contributed by atoms with Crippen LogP contribution in [-0.4, -0.2) is 44.8 Å². The van der Waals surface area contributed by atoms with Crippen LogP contribution in [0.3, 0.4) is 0 Å². The van der Waals surface area contributed by atoms with E-state index in [-0.39, 0.29) is 28.6 Å². The summed E-state index contributed by atoms with van der Waals surface area (Å²) in [4.78, 5) is 11.3. The first-order valence-corrected chi connectivity index (χ1v) is 8.94. The maximum atomic E-state index is 12.7. The molecule has 1 amide bonds. The predicted octanol–water partition coefficient (Wildman–Crippen LogP) is 1.44. The van der Waals surface area contributed by atoms with Crippen LogP contribution < -0.4 is 10.6 Å². The van der Waals surface area contributed by atoms with E-state index < -0.39 is 10.0 Å². The number of hydrogen-bond acceptors (Lipinski definition) is 4. The summed E-state index contributed by atoms with van der Waals surface area (Å²) in [6.07, 6.45) is 1.96. The molecule has 0 bridgehead atoms. The zero-order valence-corrected chi connectivity index (χ0v) is 14.7. The van der Waals surface area contributed by atoms with E-state index in [1.165, 1.54) is 6.92 Å². The van der Waals surface area contributed by atoms with Gasteiger partial charge in [-0.3, -0.25) is 4.79 Å². The van der Waals surface area contributed by atoms with Crippen molar-refractivity contribution in [3.63, 3.8) is 0 Å². The van der Waals surface area contributed by atoms with Crippen LogP contribution in [0.4, 0.5) is 5.69 Å². The van der Waals surface area contributed by atoms with E-state index in [1.807, 2.05) is 0 Å². The van der Waals surface area contributed by atoms with Gasteiger partial charge >= 0.3 is 0 Å². The van der Waals surface area contributed by atoms with Gasteiger partial charge in [0.1, 0.15) is 0 Å². The molecule has 1 spiro atoms. The molecule has 2 saturated heterocycles. The van der Waals surface area contributed by atoms with Crippen molar-refractivity contribution in [1.29, 1.82) is 0 Å². The van der Waals surface area contributed by atoms with E-state index in [9.17, 15) is 13.2 Å². The number of sulfonamides is 1. The largest absolute Gasteiger partial charge is 0.326 e. The number of halogens is 1. The van der Waals surface area contributed by atoms with Gasteiger partial charge in [0.25, 0.3) is 0 Å². The molecule has 1 atom stereocenters. The zero-order chi connectivity index (χ0) is 15.8. The van der Waals surface area contributed by atoms with E-state index >= 15 is 0 Å². The molecule has 2 heterocycles. The molecular formula is C15H22ClN3O3S. The zero-order valence-electron chi connectivity index (χ0n) is 13.0. The number of nitrogens with one attached hydrogen (secondary N) is 2. The van der Waals surface area contributed by atoms with Gasteiger partial charge < -0.3 is 10.6 Å². The molecular weight excluding hydrogens is 338 g/mol. The molecule has 0 saturated carbocycles. The lowest BCUT2D eigenvalue weighted by atomic mass is 9.87. The summed E-state index contributed by atoms with van der Waals surface area (Å²) in [5, 5.41) is 5.97. The number of amides is 1. The topological polar surface area (TPSA) is 78.5 Å². The van der Waals surface area contributed by atoms with Gasteiger partial charge in [0, 0.05) is 32.2 Å². The Hall–Kier alpha value is -1.15. The highest BCUT2D eigenvalue weighted by Crippen LogP contribution is 2.38. The lowest BCUT2D eigenvalue weighted by molar-refractivity contribution is -0.114. The van der Waals surface area contributed by atoms with Crippen molar-refractivity contribution in [2.45, 2.75) is 24.7 Å². The molecule has 1 aromatic rings. The Morgan fingerprint density at radius 2 is 1.96 bits per heavy atom. The van der Waals surface area contributed by atoms with Crippen LogP contribution in [0.5, 0.6) is 0 Å². The molecule has 1 unspecified atom stereocenters. The standard InChI is InChI=1S/C15H21N3O3S.ClH/c1-12(19)17-13-2-4-14(5-3-13)22(20,21)18-9-7-15(11-18)6-8-16-10-15;/h2-5,16H,6-11H2,1H3,(H,17,19);1H. The second-order valence-corrected chi connectivity index (χ2v) is 8.16. The Bertz CT molecular complexity index is 670. The Morgan fingerprint density at radius 1 is 1.26 bits per heavy atom. The molecule has 2 aliphatic heterocycles. The summed E-state index contributed by atoms with van der Waals surface area (Å²) in [6.45, 7) is 4.47. The van der Waals surface area contributed by atoms with Gasteiger partial charge in [-0.25, -0.2) is 8.42 Å². The normalized spacial score (nSPS) is 24.6. The monoisotopic (exact) mass is 359 g/mol. The number of nitrogens with zero attached hydrogens (tertiary/aromatic N) is 1. The van der Waals surface area contributed by atoms with Gasteiger partial charge in [0.2, 0.25) is 15.9 Å².